The van der Waals surface area contributed by atoms with E-state index in [9.17, 15) is 0 Å². The average molecular weight is 292 g/mol. The van der Waals surface area contributed by atoms with Crippen LogP contribution in [0.4, 0.5) is 0 Å². The Morgan fingerprint density at radius 3 is 2.05 bits per heavy atom. The number of unbranched alkanes of at least 4 members (excludes halogenated alkanes) is 2. The lowest BCUT2D eigenvalue weighted by Gasteiger charge is -2.45. The second-order valence-electron chi connectivity index (χ2n) is 4.93. The van der Waals surface area contributed by atoms with Crippen LogP contribution in [-0.4, -0.2) is 47.7 Å². The Labute approximate surface area is 122 Å². The van der Waals surface area contributed by atoms with E-state index in [4.69, 9.17) is 14.2 Å². The van der Waals surface area contributed by atoms with Crippen molar-refractivity contribution in [2.24, 2.45) is 0 Å². The van der Waals surface area contributed by atoms with Gasteiger partial charge in [0.2, 0.25) is 0 Å². The van der Waals surface area contributed by atoms with Gasteiger partial charge < -0.3 is 14.2 Å². The third-order valence-electron chi connectivity index (χ3n) is 3.36. The highest BCUT2D eigenvalue weighted by molar-refractivity contribution is 6.14. The molecule has 0 aromatic carbocycles. The smallest absolute Gasteiger partial charge is 0.182 e. The molecule has 0 bridgehead atoms. The van der Waals surface area contributed by atoms with Crippen molar-refractivity contribution in [3.05, 3.63) is 0 Å². The van der Waals surface area contributed by atoms with Crippen LogP contribution in [0, 0.1) is 0 Å². The summed E-state index contributed by atoms with van der Waals surface area (Å²) >= 11 is 0. The van der Waals surface area contributed by atoms with Gasteiger partial charge in [0.15, 0.2) is 11.1 Å². The summed E-state index contributed by atoms with van der Waals surface area (Å²) in [6, 6.07) is 0. The maximum atomic E-state index is 6.09. The summed E-state index contributed by atoms with van der Waals surface area (Å²) in [5.74, 6) is 0. The van der Waals surface area contributed by atoms with Crippen molar-refractivity contribution < 1.29 is 14.2 Å². The minimum atomic E-state index is -0.637. The lowest BCUT2D eigenvalue weighted by molar-refractivity contribution is -0.287. The first-order valence-electron chi connectivity index (χ1n) is 7.66. The van der Waals surface area contributed by atoms with Crippen LogP contribution < -0.4 is 5.32 Å². The fraction of sp³-hybridized carbons (Fsp3) is 1.00. The Morgan fingerprint density at radius 1 is 0.947 bits per heavy atom. The van der Waals surface area contributed by atoms with Crippen molar-refractivity contribution in [2.75, 3.05) is 26.4 Å². The summed E-state index contributed by atoms with van der Waals surface area (Å²) in [5, 5.41) is 3.39. The molecule has 0 aliphatic rings. The van der Waals surface area contributed by atoms with Crippen molar-refractivity contribution >= 4 is 10.2 Å². The molecule has 0 heterocycles. The van der Waals surface area contributed by atoms with Gasteiger partial charge in [0.05, 0.1) is 10.2 Å². The SMILES string of the molecule is CCCCCOC([SiH3])(OCC)C(C)(NCC)OCC. The number of ether oxygens (including phenoxy) is 3. The first-order valence-corrected chi connectivity index (χ1v) is 8.66. The summed E-state index contributed by atoms with van der Waals surface area (Å²) in [6.07, 6.45) is 3.46. The Balaban J connectivity index is 4.76. The molecule has 2 atom stereocenters. The first kappa shape index (κ1) is 19.1. The van der Waals surface area contributed by atoms with Crippen LogP contribution in [0.1, 0.15) is 53.9 Å². The standard InChI is InChI=1S/C14H33NO3Si/c1-6-10-11-12-18-14(19,17-9-4)13(5,15-7-2)16-8-3/h15H,6-12H2,1-5,19H3. The quantitative estimate of drug-likeness (QED) is 0.337. The molecule has 0 spiro atoms. The molecule has 0 fully saturated rings. The van der Waals surface area contributed by atoms with Gasteiger partial charge in [0, 0.05) is 19.8 Å². The second-order valence-corrected chi connectivity index (χ2v) is 6.25. The summed E-state index contributed by atoms with van der Waals surface area (Å²) in [6.45, 7) is 13.1. The molecular weight excluding hydrogens is 258 g/mol. The van der Waals surface area contributed by atoms with Crippen molar-refractivity contribution in [2.45, 2.75) is 65.0 Å². The molecule has 116 valence electrons. The van der Waals surface area contributed by atoms with Crippen molar-refractivity contribution in [1.82, 2.24) is 5.32 Å². The van der Waals surface area contributed by atoms with Gasteiger partial charge in [-0.05, 0) is 33.7 Å². The highest BCUT2D eigenvalue weighted by Crippen LogP contribution is 2.27. The number of rotatable bonds is 12. The normalized spacial score (nSPS) is 18.2. The van der Waals surface area contributed by atoms with Crippen molar-refractivity contribution in [3.8, 4) is 0 Å². The third-order valence-corrected chi connectivity index (χ3v) is 4.89. The zero-order valence-electron chi connectivity index (χ0n) is 13.7. The number of nitrogens with one attached hydrogen (secondary N) is 1. The Kier molecular flexibility index (Phi) is 9.91. The minimum Gasteiger partial charge on any atom is -0.356 e. The first-order chi connectivity index (χ1) is 8.99. The highest BCUT2D eigenvalue weighted by Gasteiger charge is 2.47. The summed E-state index contributed by atoms with van der Waals surface area (Å²) in [4.78, 5) is 0. The highest BCUT2D eigenvalue weighted by atomic mass is 28.1. The molecule has 0 aliphatic carbocycles. The fourth-order valence-corrected chi connectivity index (χ4v) is 2.99. The summed E-state index contributed by atoms with van der Waals surface area (Å²) < 4.78 is 17.9. The molecule has 1 N–H and O–H groups in total. The molecule has 0 aromatic rings. The molecule has 0 aliphatic heterocycles. The molecule has 4 nitrogen and oxygen atoms in total. The molecule has 2 unspecified atom stereocenters. The number of hydrogen-bond donors (Lipinski definition) is 1. The van der Waals surface area contributed by atoms with Crippen LogP contribution in [0.3, 0.4) is 0 Å². The molecule has 0 amide bonds. The van der Waals surface area contributed by atoms with Crippen LogP contribution in [0.25, 0.3) is 0 Å². The van der Waals surface area contributed by atoms with Crippen LogP contribution >= 0.6 is 0 Å². The third kappa shape index (κ3) is 5.91. The van der Waals surface area contributed by atoms with Crippen LogP contribution in [0.5, 0.6) is 0 Å². The van der Waals surface area contributed by atoms with Crippen LogP contribution in [-0.2, 0) is 14.2 Å². The average Bonchev–Trinajstić information content (AvgIpc) is 2.35. The predicted molar refractivity (Wildman–Crippen MR) is 83.5 cm³/mol. The van der Waals surface area contributed by atoms with Crippen molar-refractivity contribution in [3.63, 3.8) is 0 Å². The molecular formula is C14H33NO3Si. The van der Waals surface area contributed by atoms with Gasteiger partial charge in [-0.1, -0.05) is 26.7 Å². The van der Waals surface area contributed by atoms with E-state index in [1.807, 2.05) is 20.8 Å². The second kappa shape index (κ2) is 9.88. The van der Waals surface area contributed by atoms with Gasteiger partial charge in [-0.3, -0.25) is 5.32 Å². The maximum Gasteiger partial charge on any atom is 0.182 e. The van der Waals surface area contributed by atoms with Crippen LogP contribution in [0.15, 0.2) is 0 Å². The van der Waals surface area contributed by atoms with Gasteiger partial charge in [0.1, 0.15) is 0 Å². The molecule has 19 heavy (non-hydrogen) atoms. The van der Waals surface area contributed by atoms with E-state index in [0.717, 1.165) is 29.8 Å². The Morgan fingerprint density at radius 2 is 1.58 bits per heavy atom. The van der Waals surface area contributed by atoms with E-state index in [1.54, 1.807) is 0 Å². The zero-order chi connectivity index (χ0) is 14.8. The molecule has 0 rings (SSSR count). The van der Waals surface area contributed by atoms with Gasteiger partial charge in [0.25, 0.3) is 0 Å². The summed E-state index contributed by atoms with van der Waals surface area (Å²) in [5.41, 5.74) is -1.22. The fourth-order valence-electron chi connectivity index (χ4n) is 2.18. The summed E-state index contributed by atoms with van der Waals surface area (Å²) in [7, 11) is 0.751. The lowest BCUT2D eigenvalue weighted by Crippen LogP contribution is -2.66. The Bertz CT molecular complexity index is 223. The number of likely N-dealkylation sites (N-methyl/N-ethyl adjacent to an activating group) is 1. The van der Waals surface area contributed by atoms with E-state index < -0.39 is 11.1 Å². The van der Waals surface area contributed by atoms with Crippen LogP contribution in [0.2, 0.25) is 0 Å². The van der Waals surface area contributed by atoms with Gasteiger partial charge in [-0.25, -0.2) is 0 Å². The van der Waals surface area contributed by atoms with Gasteiger partial charge in [-0.2, -0.15) is 0 Å². The zero-order valence-corrected chi connectivity index (χ0v) is 15.7. The molecule has 0 saturated heterocycles. The van der Waals surface area contributed by atoms with Gasteiger partial charge >= 0.3 is 0 Å². The number of hydrogen-bond acceptors (Lipinski definition) is 4. The molecule has 0 radical (unpaired) electrons. The molecule has 0 saturated carbocycles. The largest absolute Gasteiger partial charge is 0.356 e. The van der Waals surface area contributed by atoms with E-state index in [2.05, 4.69) is 19.2 Å². The maximum absolute atomic E-state index is 6.09. The van der Waals surface area contributed by atoms with Gasteiger partial charge in [-0.15, -0.1) is 0 Å². The molecule has 5 heteroatoms. The Hall–Kier alpha value is 0.0569. The minimum absolute atomic E-state index is 0.578. The van der Waals surface area contributed by atoms with E-state index >= 15 is 0 Å². The monoisotopic (exact) mass is 291 g/mol. The predicted octanol–water partition coefficient (Wildman–Crippen LogP) is 1.61. The van der Waals surface area contributed by atoms with E-state index in [1.165, 1.54) is 12.8 Å². The topological polar surface area (TPSA) is 39.7 Å². The van der Waals surface area contributed by atoms with E-state index in [0.29, 0.717) is 13.2 Å². The van der Waals surface area contributed by atoms with Crippen molar-refractivity contribution in [1.29, 1.82) is 0 Å². The van der Waals surface area contributed by atoms with E-state index in [-0.39, 0.29) is 0 Å². The molecule has 0 aromatic heterocycles. The lowest BCUT2D eigenvalue weighted by atomic mass is 10.2.